The van der Waals surface area contributed by atoms with Gasteiger partial charge in [-0.2, -0.15) is 9.97 Å². The van der Waals surface area contributed by atoms with E-state index in [4.69, 9.17) is 15.0 Å². The fourth-order valence-corrected chi connectivity index (χ4v) is 4.21. The van der Waals surface area contributed by atoms with E-state index in [9.17, 15) is 0 Å². The first-order valence-corrected chi connectivity index (χ1v) is 11.0. The van der Waals surface area contributed by atoms with Gasteiger partial charge in [0.25, 0.3) is 0 Å². The van der Waals surface area contributed by atoms with E-state index in [1.807, 2.05) is 42.9 Å². The second kappa shape index (κ2) is 9.12. The summed E-state index contributed by atoms with van der Waals surface area (Å²) in [5, 5.41) is 6.85. The highest BCUT2D eigenvalue weighted by Crippen LogP contribution is 2.32. The standard InChI is InChI=1S/C24H27N7/c1-3-8-18(9-4-1)15-26-22-21-23(31(17-28-21)20-11-5-2-6-12-20)30-24(29-22)27-16-19-10-7-13-25-14-19/h1,3-4,7-10,13-14,17,20H,2,5-6,11-12,15-16H2,(H2,26,27,29,30). The van der Waals surface area contributed by atoms with Gasteiger partial charge in [0.1, 0.15) is 0 Å². The minimum Gasteiger partial charge on any atom is -0.364 e. The molecule has 0 unspecified atom stereocenters. The van der Waals surface area contributed by atoms with Crippen LogP contribution in [-0.2, 0) is 13.1 Å². The SMILES string of the molecule is c1ccc(CNc2nc(NCc3cccnc3)nc3c2ncn3C2CCCCC2)cc1. The van der Waals surface area contributed by atoms with Gasteiger partial charge >= 0.3 is 0 Å². The lowest BCUT2D eigenvalue weighted by Crippen LogP contribution is -2.13. The Balaban J connectivity index is 1.46. The van der Waals surface area contributed by atoms with Crippen molar-refractivity contribution in [2.75, 3.05) is 10.6 Å². The predicted molar refractivity (Wildman–Crippen MR) is 123 cm³/mol. The zero-order valence-electron chi connectivity index (χ0n) is 17.5. The van der Waals surface area contributed by atoms with E-state index in [1.165, 1.54) is 37.7 Å². The number of imidazole rings is 1. The molecule has 1 fully saturated rings. The van der Waals surface area contributed by atoms with Gasteiger partial charge in [-0.3, -0.25) is 4.98 Å². The Morgan fingerprint density at radius 1 is 0.871 bits per heavy atom. The Morgan fingerprint density at radius 3 is 2.48 bits per heavy atom. The van der Waals surface area contributed by atoms with Gasteiger partial charge in [-0.1, -0.05) is 55.7 Å². The first-order valence-electron chi connectivity index (χ1n) is 11.0. The van der Waals surface area contributed by atoms with Crippen LogP contribution in [0.15, 0.2) is 61.2 Å². The molecule has 0 saturated heterocycles. The molecule has 2 N–H and O–H groups in total. The summed E-state index contributed by atoms with van der Waals surface area (Å²) in [6, 6.07) is 14.8. The average molecular weight is 414 g/mol. The lowest BCUT2D eigenvalue weighted by atomic mass is 9.95. The predicted octanol–water partition coefficient (Wildman–Crippen LogP) is 4.95. The van der Waals surface area contributed by atoms with E-state index in [2.05, 4.69) is 32.3 Å². The molecule has 0 bridgehead atoms. The molecule has 1 aliphatic rings. The van der Waals surface area contributed by atoms with Gasteiger partial charge in [0.2, 0.25) is 5.95 Å². The second-order valence-electron chi connectivity index (χ2n) is 8.07. The van der Waals surface area contributed by atoms with Crippen molar-refractivity contribution in [2.24, 2.45) is 0 Å². The molecule has 0 radical (unpaired) electrons. The number of aromatic nitrogens is 5. The molecule has 0 spiro atoms. The number of nitrogens with zero attached hydrogens (tertiary/aromatic N) is 5. The number of nitrogens with one attached hydrogen (secondary N) is 2. The number of fused-ring (bicyclic) bond motifs is 1. The molecule has 0 atom stereocenters. The summed E-state index contributed by atoms with van der Waals surface area (Å²) < 4.78 is 2.25. The molecule has 1 aliphatic carbocycles. The number of hydrogen-bond donors (Lipinski definition) is 2. The molecule has 0 aliphatic heterocycles. The summed E-state index contributed by atoms with van der Waals surface area (Å²) in [7, 11) is 0. The topological polar surface area (TPSA) is 80.6 Å². The highest BCUT2D eigenvalue weighted by molar-refractivity contribution is 5.84. The summed E-state index contributed by atoms with van der Waals surface area (Å²) in [5.74, 6) is 1.36. The van der Waals surface area contributed by atoms with E-state index < -0.39 is 0 Å². The largest absolute Gasteiger partial charge is 0.364 e. The van der Waals surface area contributed by atoms with Crippen molar-refractivity contribution in [1.29, 1.82) is 0 Å². The van der Waals surface area contributed by atoms with E-state index in [0.717, 1.165) is 22.5 Å². The Bertz CT molecular complexity index is 1120. The first-order chi connectivity index (χ1) is 15.4. The molecule has 7 heteroatoms. The van der Waals surface area contributed by atoms with Crippen LogP contribution in [0.5, 0.6) is 0 Å². The first kappa shape index (κ1) is 19.5. The van der Waals surface area contributed by atoms with Crippen molar-refractivity contribution in [1.82, 2.24) is 24.5 Å². The summed E-state index contributed by atoms with van der Waals surface area (Å²) in [6.07, 6.45) is 11.8. The lowest BCUT2D eigenvalue weighted by Gasteiger charge is -2.23. The van der Waals surface area contributed by atoms with Crippen LogP contribution in [0.3, 0.4) is 0 Å². The van der Waals surface area contributed by atoms with E-state index in [0.29, 0.717) is 25.1 Å². The fourth-order valence-electron chi connectivity index (χ4n) is 4.21. The van der Waals surface area contributed by atoms with Gasteiger partial charge in [0.05, 0.1) is 6.33 Å². The molecular formula is C24H27N7. The maximum Gasteiger partial charge on any atom is 0.227 e. The number of pyridine rings is 1. The quantitative estimate of drug-likeness (QED) is 0.446. The van der Waals surface area contributed by atoms with Gasteiger partial charge in [0, 0.05) is 31.5 Å². The van der Waals surface area contributed by atoms with Crippen LogP contribution >= 0.6 is 0 Å². The van der Waals surface area contributed by atoms with Crippen LogP contribution in [0.4, 0.5) is 11.8 Å². The van der Waals surface area contributed by atoms with Gasteiger partial charge in [-0.05, 0) is 30.0 Å². The molecule has 31 heavy (non-hydrogen) atoms. The van der Waals surface area contributed by atoms with E-state index >= 15 is 0 Å². The minimum absolute atomic E-state index is 0.460. The average Bonchev–Trinajstić information content (AvgIpc) is 3.27. The Morgan fingerprint density at radius 2 is 1.68 bits per heavy atom. The summed E-state index contributed by atoms with van der Waals surface area (Å²) in [5.41, 5.74) is 4.01. The van der Waals surface area contributed by atoms with Crippen LogP contribution in [0.1, 0.15) is 49.3 Å². The van der Waals surface area contributed by atoms with Crippen molar-refractivity contribution >= 4 is 22.9 Å². The maximum atomic E-state index is 4.86. The Kier molecular flexibility index (Phi) is 5.73. The summed E-state index contributed by atoms with van der Waals surface area (Å²) >= 11 is 0. The van der Waals surface area contributed by atoms with Gasteiger partial charge < -0.3 is 15.2 Å². The highest BCUT2D eigenvalue weighted by atomic mass is 15.2. The summed E-state index contributed by atoms with van der Waals surface area (Å²) in [4.78, 5) is 18.5. The smallest absolute Gasteiger partial charge is 0.227 e. The van der Waals surface area contributed by atoms with Gasteiger partial charge in [-0.25, -0.2) is 4.98 Å². The molecule has 4 aromatic rings. The minimum atomic E-state index is 0.460. The highest BCUT2D eigenvalue weighted by Gasteiger charge is 2.20. The van der Waals surface area contributed by atoms with Gasteiger partial charge in [-0.15, -0.1) is 0 Å². The van der Waals surface area contributed by atoms with Gasteiger partial charge in [0.15, 0.2) is 17.0 Å². The van der Waals surface area contributed by atoms with Crippen LogP contribution in [0.2, 0.25) is 0 Å². The number of hydrogen-bond acceptors (Lipinski definition) is 6. The summed E-state index contributed by atoms with van der Waals surface area (Å²) in [6.45, 7) is 1.31. The number of anilines is 2. The van der Waals surface area contributed by atoms with Crippen LogP contribution in [0, 0.1) is 0 Å². The normalized spacial score (nSPS) is 14.6. The number of benzene rings is 1. The zero-order chi connectivity index (χ0) is 20.9. The van der Waals surface area contributed by atoms with Crippen LogP contribution in [0.25, 0.3) is 11.2 Å². The van der Waals surface area contributed by atoms with Crippen molar-refractivity contribution in [2.45, 2.75) is 51.2 Å². The molecule has 3 heterocycles. The maximum absolute atomic E-state index is 4.86. The second-order valence-corrected chi connectivity index (χ2v) is 8.07. The third-order valence-corrected chi connectivity index (χ3v) is 5.87. The Hall–Kier alpha value is -3.48. The lowest BCUT2D eigenvalue weighted by molar-refractivity contribution is 0.358. The monoisotopic (exact) mass is 413 g/mol. The van der Waals surface area contributed by atoms with Crippen molar-refractivity contribution in [3.8, 4) is 0 Å². The third kappa shape index (κ3) is 4.50. The van der Waals surface area contributed by atoms with Crippen molar-refractivity contribution < 1.29 is 0 Å². The molecule has 5 rings (SSSR count). The number of rotatable bonds is 7. The zero-order valence-corrected chi connectivity index (χ0v) is 17.5. The fraction of sp³-hybridized carbons (Fsp3) is 0.333. The molecule has 7 nitrogen and oxygen atoms in total. The van der Waals surface area contributed by atoms with Crippen LogP contribution < -0.4 is 10.6 Å². The molecule has 3 aromatic heterocycles. The molecule has 1 aromatic carbocycles. The molecule has 158 valence electrons. The van der Waals surface area contributed by atoms with Crippen molar-refractivity contribution in [3.63, 3.8) is 0 Å². The Labute approximate surface area is 182 Å². The van der Waals surface area contributed by atoms with Crippen molar-refractivity contribution in [3.05, 3.63) is 72.3 Å². The molecule has 0 amide bonds. The molecular weight excluding hydrogens is 386 g/mol. The molecule has 1 saturated carbocycles. The third-order valence-electron chi connectivity index (χ3n) is 5.87. The van der Waals surface area contributed by atoms with E-state index in [-0.39, 0.29) is 0 Å². The van der Waals surface area contributed by atoms with E-state index in [1.54, 1.807) is 6.20 Å². The van der Waals surface area contributed by atoms with Crippen LogP contribution in [-0.4, -0.2) is 24.5 Å².